The number of rotatable bonds is 6. The molecule has 0 bridgehead atoms. The zero-order chi connectivity index (χ0) is 17.8. The van der Waals surface area contributed by atoms with E-state index in [1.54, 1.807) is 6.07 Å². The van der Waals surface area contributed by atoms with E-state index in [1.807, 2.05) is 6.07 Å². The van der Waals surface area contributed by atoms with Crippen LogP contribution in [0.3, 0.4) is 0 Å². The summed E-state index contributed by atoms with van der Waals surface area (Å²) >= 11 is 0. The molecule has 0 saturated carbocycles. The van der Waals surface area contributed by atoms with E-state index >= 15 is 0 Å². The second-order valence-electron chi connectivity index (χ2n) is 5.54. The molecule has 0 fully saturated rings. The maximum atomic E-state index is 13.1. The molecule has 0 saturated heterocycles. The number of hydrogen-bond acceptors (Lipinski definition) is 5. The van der Waals surface area contributed by atoms with Gasteiger partial charge in [0.15, 0.2) is 0 Å². The van der Waals surface area contributed by atoms with Gasteiger partial charge in [0.2, 0.25) is 0 Å². The molecule has 128 valence electrons. The minimum Gasteiger partial charge on any atom is -0.379 e. The van der Waals surface area contributed by atoms with Crippen LogP contribution in [0.1, 0.15) is 12.0 Å². The second kappa shape index (κ2) is 7.08. The number of halogens is 1. The number of nitro benzene ring substituents is 1. The summed E-state index contributed by atoms with van der Waals surface area (Å²) in [6, 6.07) is 9.04. The number of aryl methyl sites for hydroxylation is 1. The van der Waals surface area contributed by atoms with Crippen LogP contribution in [0.5, 0.6) is 0 Å². The third-order valence-electron chi connectivity index (χ3n) is 3.80. The summed E-state index contributed by atoms with van der Waals surface area (Å²) in [5.74, 6) is -0.285. The van der Waals surface area contributed by atoms with Crippen molar-refractivity contribution in [2.24, 2.45) is 0 Å². The van der Waals surface area contributed by atoms with Crippen LogP contribution < -0.4 is 10.9 Å². The molecule has 0 spiro atoms. The molecule has 0 unspecified atom stereocenters. The van der Waals surface area contributed by atoms with Gasteiger partial charge in [0.05, 0.1) is 22.2 Å². The fourth-order valence-corrected chi connectivity index (χ4v) is 2.60. The number of H-pyrrole nitrogens is 1. The first-order chi connectivity index (χ1) is 12.0. The molecule has 0 aliphatic heterocycles. The molecule has 1 aromatic heterocycles. The number of aromatic nitrogens is 2. The van der Waals surface area contributed by atoms with Crippen molar-refractivity contribution in [3.63, 3.8) is 0 Å². The van der Waals surface area contributed by atoms with Crippen LogP contribution in [0, 0.1) is 15.9 Å². The lowest BCUT2D eigenvalue weighted by molar-refractivity contribution is -0.383. The highest BCUT2D eigenvalue weighted by Crippen LogP contribution is 2.27. The van der Waals surface area contributed by atoms with Crippen molar-refractivity contribution in [1.82, 2.24) is 9.97 Å². The van der Waals surface area contributed by atoms with Gasteiger partial charge in [0.25, 0.3) is 11.2 Å². The molecule has 0 atom stereocenters. The van der Waals surface area contributed by atoms with Crippen molar-refractivity contribution in [3.05, 3.63) is 74.6 Å². The van der Waals surface area contributed by atoms with Gasteiger partial charge in [-0.15, -0.1) is 0 Å². The van der Waals surface area contributed by atoms with Crippen molar-refractivity contribution < 1.29 is 9.31 Å². The van der Waals surface area contributed by atoms with E-state index in [4.69, 9.17) is 0 Å². The molecule has 8 heteroatoms. The van der Waals surface area contributed by atoms with Crippen molar-refractivity contribution >= 4 is 22.3 Å². The maximum Gasteiger partial charge on any atom is 0.293 e. The smallest absolute Gasteiger partial charge is 0.293 e. The average Bonchev–Trinajstić information content (AvgIpc) is 2.58. The summed E-state index contributed by atoms with van der Waals surface area (Å²) in [6.45, 7) is 0.464. The molecule has 3 aromatic rings. The normalized spacial score (nSPS) is 10.8. The van der Waals surface area contributed by atoms with Crippen molar-refractivity contribution in [2.45, 2.75) is 12.8 Å². The predicted octanol–water partition coefficient (Wildman–Crippen LogP) is 3.02. The van der Waals surface area contributed by atoms with E-state index in [0.717, 1.165) is 5.56 Å². The number of nitro groups is 1. The summed E-state index contributed by atoms with van der Waals surface area (Å²) in [4.78, 5) is 28.9. The van der Waals surface area contributed by atoms with Gasteiger partial charge in [-0.1, -0.05) is 12.1 Å². The Balaban J connectivity index is 1.75. The lowest BCUT2D eigenvalue weighted by Gasteiger charge is -2.08. The molecular formula is C17H15FN4O3. The molecule has 3 rings (SSSR count). The monoisotopic (exact) mass is 342 g/mol. The standard InChI is InChI=1S/C17H15FN4O3/c18-12-5-1-3-11(7-12)4-2-6-19-15-9-14-13(8-16(15)22(24)25)17(23)21-10-20-14/h1,3,5,7-10,19H,2,4,6H2,(H,20,21,23). The van der Waals surface area contributed by atoms with Crippen LogP contribution in [0.15, 0.2) is 47.5 Å². The second-order valence-corrected chi connectivity index (χ2v) is 5.54. The largest absolute Gasteiger partial charge is 0.379 e. The molecular weight excluding hydrogens is 327 g/mol. The molecule has 0 aliphatic rings. The minimum absolute atomic E-state index is 0.166. The lowest BCUT2D eigenvalue weighted by Crippen LogP contribution is -2.09. The summed E-state index contributed by atoms with van der Waals surface area (Å²) in [7, 11) is 0. The van der Waals surface area contributed by atoms with Crippen LogP contribution in [0.25, 0.3) is 10.9 Å². The Hall–Kier alpha value is -3.29. The number of anilines is 1. The van der Waals surface area contributed by atoms with Crippen LogP contribution in [0.4, 0.5) is 15.8 Å². The molecule has 25 heavy (non-hydrogen) atoms. The summed E-state index contributed by atoms with van der Waals surface area (Å²) < 4.78 is 13.1. The molecule has 2 aromatic carbocycles. The number of nitrogens with one attached hydrogen (secondary N) is 2. The fraction of sp³-hybridized carbons (Fsp3) is 0.176. The number of aromatic amines is 1. The Labute approximate surface area is 141 Å². The first-order valence-corrected chi connectivity index (χ1v) is 7.69. The van der Waals surface area contributed by atoms with E-state index in [-0.39, 0.29) is 16.9 Å². The Kier molecular flexibility index (Phi) is 4.69. The quantitative estimate of drug-likeness (QED) is 0.407. The first-order valence-electron chi connectivity index (χ1n) is 7.69. The van der Waals surface area contributed by atoms with Crippen molar-refractivity contribution in [2.75, 3.05) is 11.9 Å². The minimum atomic E-state index is -0.541. The SMILES string of the molecule is O=c1[nH]cnc2cc(NCCCc3cccc(F)c3)c([N+](=O)[O-])cc12. The van der Waals surface area contributed by atoms with Crippen LogP contribution >= 0.6 is 0 Å². The van der Waals surface area contributed by atoms with Gasteiger partial charge in [0.1, 0.15) is 11.5 Å². The van der Waals surface area contributed by atoms with Gasteiger partial charge in [0, 0.05) is 12.6 Å². The van der Waals surface area contributed by atoms with Crippen LogP contribution in [-0.2, 0) is 6.42 Å². The Morgan fingerprint density at radius 3 is 2.88 bits per heavy atom. The van der Waals surface area contributed by atoms with E-state index in [1.165, 1.54) is 30.6 Å². The van der Waals surface area contributed by atoms with E-state index < -0.39 is 10.5 Å². The highest BCUT2D eigenvalue weighted by molar-refractivity contribution is 5.86. The van der Waals surface area contributed by atoms with Gasteiger partial charge < -0.3 is 10.3 Å². The zero-order valence-corrected chi connectivity index (χ0v) is 13.2. The fourth-order valence-electron chi connectivity index (χ4n) is 2.60. The zero-order valence-electron chi connectivity index (χ0n) is 13.2. The molecule has 7 nitrogen and oxygen atoms in total. The van der Waals surface area contributed by atoms with Gasteiger partial charge in [-0.2, -0.15) is 0 Å². The van der Waals surface area contributed by atoms with Gasteiger partial charge >= 0.3 is 0 Å². The molecule has 1 heterocycles. The number of hydrogen-bond donors (Lipinski definition) is 2. The van der Waals surface area contributed by atoms with Crippen LogP contribution in [-0.4, -0.2) is 21.4 Å². The summed E-state index contributed by atoms with van der Waals surface area (Å²) in [5.41, 5.74) is 0.933. The Morgan fingerprint density at radius 2 is 2.12 bits per heavy atom. The van der Waals surface area contributed by atoms with Gasteiger partial charge in [-0.05, 0) is 36.6 Å². The molecule has 0 aliphatic carbocycles. The Bertz CT molecular complexity index is 987. The Morgan fingerprint density at radius 1 is 1.28 bits per heavy atom. The molecule has 0 amide bonds. The first kappa shape index (κ1) is 16.6. The summed E-state index contributed by atoms with van der Waals surface area (Å²) in [6.07, 6.45) is 2.57. The number of nitrogens with zero attached hydrogens (tertiary/aromatic N) is 2. The van der Waals surface area contributed by atoms with Crippen molar-refractivity contribution in [3.8, 4) is 0 Å². The predicted molar refractivity (Wildman–Crippen MR) is 92.2 cm³/mol. The number of fused-ring (bicyclic) bond motifs is 1. The number of benzene rings is 2. The third-order valence-corrected chi connectivity index (χ3v) is 3.80. The van der Waals surface area contributed by atoms with E-state index in [0.29, 0.717) is 30.6 Å². The lowest BCUT2D eigenvalue weighted by atomic mass is 10.1. The van der Waals surface area contributed by atoms with E-state index in [9.17, 15) is 19.3 Å². The van der Waals surface area contributed by atoms with Gasteiger partial charge in [-0.25, -0.2) is 9.37 Å². The average molecular weight is 342 g/mol. The highest BCUT2D eigenvalue weighted by atomic mass is 19.1. The van der Waals surface area contributed by atoms with Gasteiger partial charge in [-0.3, -0.25) is 14.9 Å². The van der Waals surface area contributed by atoms with E-state index in [2.05, 4.69) is 15.3 Å². The molecule has 0 radical (unpaired) electrons. The van der Waals surface area contributed by atoms with Crippen molar-refractivity contribution in [1.29, 1.82) is 0 Å². The third kappa shape index (κ3) is 3.79. The summed E-state index contributed by atoms with van der Waals surface area (Å²) in [5, 5.41) is 14.4. The maximum absolute atomic E-state index is 13.1. The topological polar surface area (TPSA) is 101 Å². The van der Waals surface area contributed by atoms with Crippen LogP contribution in [0.2, 0.25) is 0 Å². The molecule has 2 N–H and O–H groups in total. The highest BCUT2D eigenvalue weighted by Gasteiger charge is 2.16.